The number of benzene rings is 1. The molecule has 2 fully saturated rings. The van der Waals surface area contributed by atoms with Crippen molar-refractivity contribution in [3.05, 3.63) is 35.8 Å². The molecule has 1 aromatic carbocycles. The first-order valence-corrected chi connectivity index (χ1v) is 13.6. The monoisotopic (exact) mass is 491 g/mol. The van der Waals surface area contributed by atoms with Crippen molar-refractivity contribution in [2.75, 3.05) is 40.4 Å². The maximum Gasteiger partial charge on any atom is 0.161 e. The molecule has 36 heavy (non-hydrogen) atoms. The summed E-state index contributed by atoms with van der Waals surface area (Å²) in [4.78, 5) is 18.9. The van der Waals surface area contributed by atoms with E-state index >= 15 is 0 Å². The van der Waals surface area contributed by atoms with Gasteiger partial charge in [-0.25, -0.2) is 9.97 Å². The van der Waals surface area contributed by atoms with Crippen LogP contribution in [0.2, 0.25) is 0 Å². The number of ether oxygens (including phenoxy) is 2. The number of likely N-dealkylation sites (tertiary alicyclic amines) is 2. The van der Waals surface area contributed by atoms with Crippen LogP contribution >= 0.6 is 0 Å². The van der Waals surface area contributed by atoms with E-state index in [1.54, 1.807) is 14.2 Å². The zero-order valence-corrected chi connectivity index (χ0v) is 22.5. The second kappa shape index (κ2) is 10.8. The molecule has 194 valence electrons. The minimum absolute atomic E-state index is 0.436. The average molecular weight is 492 g/mol. The Morgan fingerprint density at radius 1 is 1.00 bits per heavy atom. The largest absolute Gasteiger partial charge is 0.493 e. The van der Waals surface area contributed by atoms with Gasteiger partial charge in [0.1, 0.15) is 5.82 Å². The minimum atomic E-state index is 0.436. The van der Waals surface area contributed by atoms with Crippen molar-refractivity contribution in [2.24, 2.45) is 0 Å². The van der Waals surface area contributed by atoms with E-state index in [1.165, 1.54) is 31.5 Å². The Morgan fingerprint density at radius 3 is 2.36 bits per heavy atom. The number of aryl methyl sites for hydroxylation is 1. The zero-order chi connectivity index (χ0) is 25.2. The predicted octanol–water partition coefficient (Wildman–Crippen LogP) is 5.26. The van der Waals surface area contributed by atoms with Crippen LogP contribution < -0.4 is 9.47 Å². The van der Waals surface area contributed by atoms with Crippen molar-refractivity contribution in [3.8, 4) is 22.8 Å². The van der Waals surface area contributed by atoms with Crippen LogP contribution in [-0.4, -0.2) is 77.2 Å². The molecular weight excluding hydrogens is 450 g/mol. The Bertz CT molecular complexity index is 1170. The zero-order valence-electron chi connectivity index (χ0n) is 22.5. The van der Waals surface area contributed by atoms with E-state index in [1.807, 2.05) is 18.3 Å². The van der Waals surface area contributed by atoms with Gasteiger partial charge in [0.05, 0.1) is 37.1 Å². The molecule has 0 bridgehead atoms. The van der Waals surface area contributed by atoms with Crippen LogP contribution in [0.5, 0.6) is 11.5 Å². The number of H-pyrrole nitrogens is 1. The number of methoxy groups -OCH3 is 2. The molecule has 0 spiro atoms. The topological polar surface area (TPSA) is 66.5 Å². The Morgan fingerprint density at radius 2 is 1.72 bits per heavy atom. The van der Waals surface area contributed by atoms with E-state index in [2.05, 4.69) is 41.6 Å². The highest BCUT2D eigenvalue weighted by atomic mass is 16.5. The lowest BCUT2D eigenvalue weighted by Crippen LogP contribution is -2.48. The fourth-order valence-electron chi connectivity index (χ4n) is 6.11. The Balaban J connectivity index is 1.32. The number of piperidine rings is 2. The third-order valence-corrected chi connectivity index (χ3v) is 8.32. The highest BCUT2D eigenvalue weighted by Crippen LogP contribution is 2.36. The second-order valence-corrected chi connectivity index (χ2v) is 10.6. The molecular formula is C29H41N5O2. The number of aromatic nitrogens is 3. The van der Waals surface area contributed by atoms with Gasteiger partial charge in [0.15, 0.2) is 11.5 Å². The molecule has 0 aliphatic carbocycles. The van der Waals surface area contributed by atoms with Crippen LogP contribution in [0.3, 0.4) is 0 Å². The number of hydrogen-bond acceptors (Lipinski definition) is 6. The van der Waals surface area contributed by atoms with Gasteiger partial charge in [-0.05, 0) is 90.3 Å². The molecule has 1 N–H and O–H groups in total. The van der Waals surface area contributed by atoms with E-state index in [9.17, 15) is 0 Å². The van der Waals surface area contributed by atoms with Gasteiger partial charge in [-0.15, -0.1) is 0 Å². The SMILES string of the molecule is CCc1c(-c2ccc(OC)c(OC)c2)[nH]c2cnc(C3CCN(C4CCN(C(C)C)CC4)CC3)nc12. The molecule has 7 nitrogen and oxygen atoms in total. The normalized spacial score (nSPS) is 18.8. The van der Waals surface area contributed by atoms with Gasteiger partial charge in [-0.2, -0.15) is 0 Å². The van der Waals surface area contributed by atoms with Crippen LogP contribution in [0.15, 0.2) is 24.4 Å². The Hall–Kier alpha value is -2.64. The van der Waals surface area contributed by atoms with Crippen molar-refractivity contribution in [3.63, 3.8) is 0 Å². The third-order valence-electron chi connectivity index (χ3n) is 8.32. The summed E-state index contributed by atoms with van der Waals surface area (Å²) in [5.74, 6) is 2.90. The van der Waals surface area contributed by atoms with Gasteiger partial charge in [-0.1, -0.05) is 6.92 Å². The number of hydrogen-bond donors (Lipinski definition) is 1. The molecule has 0 saturated carbocycles. The van der Waals surface area contributed by atoms with Gasteiger partial charge in [-0.3, -0.25) is 0 Å². The predicted molar refractivity (Wildman–Crippen MR) is 145 cm³/mol. The molecule has 0 radical (unpaired) electrons. The van der Waals surface area contributed by atoms with Crippen molar-refractivity contribution in [1.29, 1.82) is 0 Å². The molecule has 0 atom stereocenters. The minimum Gasteiger partial charge on any atom is -0.493 e. The highest BCUT2D eigenvalue weighted by molar-refractivity contribution is 5.87. The van der Waals surface area contributed by atoms with Crippen molar-refractivity contribution in [2.45, 2.75) is 70.9 Å². The lowest BCUT2D eigenvalue weighted by molar-refractivity contribution is 0.0747. The molecule has 7 heteroatoms. The van der Waals surface area contributed by atoms with Crippen LogP contribution in [0.4, 0.5) is 0 Å². The number of fused-ring (bicyclic) bond motifs is 1. The molecule has 0 amide bonds. The summed E-state index contributed by atoms with van der Waals surface area (Å²) >= 11 is 0. The second-order valence-electron chi connectivity index (χ2n) is 10.6. The fourth-order valence-corrected chi connectivity index (χ4v) is 6.11. The molecule has 4 heterocycles. The van der Waals surface area contributed by atoms with Crippen LogP contribution in [0, 0.1) is 0 Å². The summed E-state index contributed by atoms with van der Waals surface area (Å²) < 4.78 is 11.0. The highest BCUT2D eigenvalue weighted by Gasteiger charge is 2.30. The van der Waals surface area contributed by atoms with E-state index in [4.69, 9.17) is 19.4 Å². The van der Waals surface area contributed by atoms with E-state index in [0.717, 1.165) is 78.0 Å². The molecule has 2 aromatic heterocycles. The lowest BCUT2D eigenvalue weighted by Gasteiger charge is -2.42. The molecule has 2 aliphatic heterocycles. The first-order chi connectivity index (χ1) is 17.5. The maximum atomic E-state index is 5.54. The number of aromatic amines is 1. The van der Waals surface area contributed by atoms with Gasteiger partial charge in [0.2, 0.25) is 0 Å². The maximum absolute atomic E-state index is 5.54. The first-order valence-electron chi connectivity index (χ1n) is 13.6. The van der Waals surface area contributed by atoms with E-state index in [-0.39, 0.29) is 0 Å². The number of rotatable bonds is 7. The molecule has 2 aliphatic rings. The van der Waals surface area contributed by atoms with Gasteiger partial charge in [0.25, 0.3) is 0 Å². The van der Waals surface area contributed by atoms with E-state index < -0.39 is 0 Å². The number of nitrogens with zero attached hydrogens (tertiary/aromatic N) is 4. The van der Waals surface area contributed by atoms with Crippen molar-refractivity contribution < 1.29 is 9.47 Å². The van der Waals surface area contributed by atoms with Gasteiger partial charge in [0, 0.05) is 29.1 Å². The number of nitrogens with one attached hydrogen (secondary N) is 1. The van der Waals surface area contributed by atoms with Gasteiger partial charge >= 0.3 is 0 Å². The van der Waals surface area contributed by atoms with Crippen LogP contribution in [0.1, 0.15) is 63.8 Å². The summed E-state index contributed by atoms with van der Waals surface area (Å²) in [6.07, 6.45) is 7.76. The standard InChI is InChI=1S/C29H41N5O2/c1-6-23-27(21-7-8-25(35-4)26(17-21)36-5)31-24-18-30-29(32-28(23)24)20-9-13-34(14-10-20)22-11-15-33(16-12-22)19(2)3/h7-8,17-20,22,31H,6,9-16H2,1-5H3. The lowest BCUT2D eigenvalue weighted by atomic mass is 9.92. The summed E-state index contributed by atoms with van der Waals surface area (Å²) in [7, 11) is 3.33. The Labute approximate surface area is 215 Å². The average Bonchev–Trinajstić information content (AvgIpc) is 3.30. The van der Waals surface area contributed by atoms with E-state index in [0.29, 0.717) is 12.0 Å². The molecule has 3 aromatic rings. The molecule has 0 unspecified atom stereocenters. The third kappa shape index (κ3) is 4.83. The van der Waals surface area contributed by atoms with Crippen molar-refractivity contribution in [1.82, 2.24) is 24.8 Å². The quantitative estimate of drug-likeness (QED) is 0.487. The summed E-state index contributed by atoms with van der Waals surface area (Å²) in [5.41, 5.74) is 5.43. The Kier molecular flexibility index (Phi) is 7.49. The van der Waals surface area contributed by atoms with Crippen molar-refractivity contribution >= 4 is 11.0 Å². The summed E-state index contributed by atoms with van der Waals surface area (Å²) in [5, 5.41) is 0. The molecule has 5 rings (SSSR count). The first kappa shape index (κ1) is 25.0. The fraction of sp³-hybridized carbons (Fsp3) is 0.586. The smallest absolute Gasteiger partial charge is 0.161 e. The van der Waals surface area contributed by atoms with Crippen LogP contribution in [-0.2, 0) is 6.42 Å². The summed E-state index contributed by atoms with van der Waals surface area (Å²) in [6, 6.07) is 7.46. The molecule has 2 saturated heterocycles. The van der Waals surface area contributed by atoms with Crippen LogP contribution in [0.25, 0.3) is 22.3 Å². The van der Waals surface area contributed by atoms with Gasteiger partial charge < -0.3 is 24.3 Å². The summed E-state index contributed by atoms with van der Waals surface area (Å²) in [6.45, 7) is 11.6.